The molecule has 1 aromatic carbocycles. The fourth-order valence-electron chi connectivity index (χ4n) is 2.08. The van der Waals surface area contributed by atoms with Crippen LogP contribution in [0.4, 0.5) is 0 Å². The number of rotatable bonds is 3. The fourth-order valence-corrected chi connectivity index (χ4v) is 2.08. The summed E-state index contributed by atoms with van der Waals surface area (Å²) < 4.78 is 5.66. The lowest BCUT2D eigenvalue weighted by atomic mass is 9.88. The topological polar surface area (TPSA) is 29.5 Å². The smallest absolute Gasteiger partial charge is 0.0881 e. The van der Waals surface area contributed by atoms with Crippen molar-refractivity contribution >= 4 is 0 Å². The van der Waals surface area contributed by atoms with Gasteiger partial charge in [-0.3, -0.25) is 0 Å². The highest BCUT2D eigenvalue weighted by Crippen LogP contribution is 2.23. The molecule has 1 aromatic rings. The Balaban J connectivity index is 2.06. The van der Waals surface area contributed by atoms with Gasteiger partial charge in [0.2, 0.25) is 0 Å². The maximum absolute atomic E-state index is 9.97. The Morgan fingerprint density at radius 2 is 2.00 bits per heavy atom. The van der Waals surface area contributed by atoms with Crippen molar-refractivity contribution < 1.29 is 9.84 Å². The highest BCUT2D eigenvalue weighted by Gasteiger charge is 2.27. The molecule has 0 aliphatic heterocycles. The maximum atomic E-state index is 9.97. The van der Waals surface area contributed by atoms with Crippen LogP contribution in [0.1, 0.15) is 18.1 Å². The first kappa shape index (κ1) is 11.4. The number of aliphatic hydroxyl groups is 1. The first-order valence-electron chi connectivity index (χ1n) is 5.67. The Morgan fingerprint density at radius 1 is 1.38 bits per heavy atom. The van der Waals surface area contributed by atoms with Crippen LogP contribution in [0.3, 0.4) is 0 Å². The van der Waals surface area contributed by atoms with Gasteiger partial charge in [0.1, 0.15) is 0 Å². The normalized spacial score (nSPS) is 23.9. The first-order valence-corrected chi connectivity index (χ1v) is 5.67. The maximum Gasteiger partial charge on any atom is 0.0881 e. The van der Waals surface area contributed by atoms with E-state index < -0.39 is 6.10 Å². The van der Waals surface area contributed by atoms with E-state index >= 15 is 0 Å². The van der Waals surface area contributed by atoms with Gasteiger partial charge in [-0.15, -0.1) is 0 Å². The minimum atomic E-state index is -0.394. The molecule has 2 rings (SSSR count). The first-order chi connectivity index (χ1) is 7.66. The standard InChI is InChI=1S/C14H18O2/c1-10(2)9-16-14-8-12-6-4-3-5-11(12)7-13(14)15/h3-6,13-15H,1,7-9H2,2H3/t13-,14-/m1/s1. The van der Waals surface area contributed by atoms with Crippen molar-refractivity contribution in [2.24, 2.45) is 0 Å². The van der Waals surface area contributed by atoms with Gasteiger partial charge in [0.05, 0.1) is 18.8 Å². The number of hydrogen-bond donors (Lipinski definition) is 1. The van der Waals surface area contributed by atoms with Crippen LogP contribution in [0.5, 0.6) is 0 Å². The summed E-state index contributed by atoms with van der Waals surface area (Å²) in [5.41, 5.74) is 3.52. The minimum absolute atomic E-state index is 0.0911. The third-order valence-electron chi connectivity index (χ3n) is 2.94. The van der Waals surface area contributed by atoms with Gasteiger partial charge < -0.3 is 9.84 Å². The number of fused-ring (bicyclic) bond motifs is 1. The molecule has 0 spiro atoms. The van der Waals surface area contributed by atoms with Crippen molar-refractivity contribution in [3.8, 4) is 0 Å². The van der Waals surface area contributed by atoms with Gasteiger partial charge in [0.25, 0.3) is 0 Å². The lowest BCUT2D eigenvalue weighted by molar-refractivity contribution is -0.0326. The van der Waals surface area contributed by atoms with Crippen LogP contribution in [0.2, 0.25) is 0 Å². The van der Waals surface area contributed by atoms with Crippen molar-refractivity contribution in [1.29, 1.82) is 0 Å². The third-order valence-corrected chi connectivity index (χ3v) is 2.94. The highest BCUT2D eigenvalue weighted by atomic mass is 16.5. The van der Waals surface area contributed by atoms with Crippen molar-refractivity contribution in [2.45, 2.75) is 32.0 Å². The van der Waals surface area contributed by atoms with Crippen LogP contribution < -0.4 is 0 Å². The van der Waals surface area contributed by atoms with Gasteiger partial charge in [-0.1, -0.05) is 36.4 Å². The lowest BCUT2D eigenvalue weighted by Crippen LogP contribution is -2.37. The zero-order valence-electron chi connectivity index (χ0n) is 9.65. The van der Waals surface area contributed by atoms with E-state index in [4.69, 9.17) is 4.74 Å². The summed E-state index contributed by atoms with van der Waals surface area (Å²) in [6, 6.07) is 8.23. The lowest BCUT2D eigenvalue weighted by Gasteiger charge is -2.29. The van der Waals surface area contributed by atoms with Gasteiger partial charge in [0, 0.05) is 12.8 Å². The van der Waals surface area contributed by atoms with Crippen LogP contribution in [-0.4, -0.2) is 23.9 Å². The van der Waals surface area contributed by atoms with Gasteiger partial charge in [-0.05, 0) is 18.1 Å². The Hall–Kier alpha value is -1.12. The molecule has 1 aliphatic carbocycles. The summed E-state index contributed by atoms with van der Waals surface area (Å²) in [6.07, 6.45) is 1.00. The summed E-state index contributed by atoms with van der Waals surface area (Å²) in [4.78, 5) is 0. The highest BCUT2D eigenvalue weighted by molar-refractivity contribution is 5.31. The van der Waals surface area contributed by atoms with Crippen LogP contribution in [-0.2, 0) is 17.6 Å². The molecule has 0 amide bonds. The monoisotopic (exact) mass is 218 g/mol. The summed E-state index contributed by atoms with van der Waals surface area (Å²) in [6.45, 7) is 6.27. The van der Waals surface area contributed by atoms with E-state index in [2.05, 4.69) is 18.7 Å². The third kappa shape index (κ3) is 2.52. The molecule has 86 valence electrons. The molecule has 16 heavy (non-hydrogen) atoms. The predicted molar refractivity (Wildman–Crippen MR) is 64.4 cm³/mol. The second-order valence-corrected chi connectivity index (χ2v) is 4.55. The van der Waals surface area contributed by atoms with E-state index in [0.717, 1.165) is 12.0 Å². The Kier molecular flexibility index (Phi) is 3.42. The largest absolute Gasteiger partial charge is 0.390 e. The Labute approximate surface area is 96.6 Å². The molecule has 2 nitrogen and oxygen atoms in total. The van der Waals surface area contributed by atoms with Crippen molar-refractivity contribution in [2.75, 3.05) is 6.61 Å². The van der Waals surface area contributed by atoms with Gasteiger partial charge in [-0.25, -0.2) is 0 Å². The van der Waals surface area contributed by atoms with E-state index in [-0.39, 0.29) is 6.10 Å². The summed E-state index contributed by atoms with van der Waals surface area (Å²) >= 11 is 0. The van der Waals surface area contributed by atoms with Gasteiger partial charge >= 0.3 is 0 Å². The average molecular weight is 218 g/mol. The van der Waals surface area contributed by atoms with Crippen LogP contribution in [0, 0.1) is 0 Å². The molecule has 0 fully saturated rings. The Bertz CT molecular complexity index is 384. The van der Waals surface area contributed by atoms with Crippen LogP contribution in [0.25, 0.3) is 0 Å². The van der Waals surface area contributed by atoms with E-state index in [1.165, 1.54) is 11.1 Å². The number of hydrogen-bond acceptors (Lipinski definition) is 2. The van der Waals surface area contributed by atoms with E-state index in [1.54, 1.807) is 0 Å². The molecule has 1 aliphatic rings. The van der Waals surface area contributed by atoms with Crippen molar-refractivity contribution in [3.63, 3.8) is 0 Å². The molecule has 0 bridgehead atoms. The van der Waals surface area contributed by atoms with Crippen molar-refractivity contribution in [1.82, 2.24) is 0 Å². The van der Waals surface area contributed by atoms with E-state index in [0.29, 0.717) is 13.0 Å². The second-order valence-electron chi connectivity index (χ2n) is 4.55. The van der Waals surface area contributed by atoms with Gasteiger partial charge in [0.15, 0.2) is 0 Å². The minimum Gasteiger partial charge on any atom is -0.390 e. The molecule has 0 saturated heterocycles. The summed E-state index contributed by atoms with van der Waals surface area (Å²) in [7, 11) is 0. The molecule has 0 heterocycles. The molecule has 0 aromatic heterocycles. The van der Waals surface area contributed by atoms with Crippen LogP contribution >= 0.6 is 0 Å². The molecular formula is C14H18O2. The molecule has 0 saturated carbocycles. The molecule has 2 heteroatoms. The second kappa shape index (κ2) is 4.81. The van der Waals surface area contributed by atoms with E-state index in [1.807, 2.05) is 19.1 Å². The number of ether oxygens (including phenoxy) is 1. The van der Waals surface area contributed by atoms with E-state index in [9.17, 15) is 5.11 Å². The molecule has 0 unspecified atom stereocenters. The molecular weight excluding hydrogens is 200 g/mol. The summed E-state index contributed by atoms with van der Waals surface area (Å²) in [5.74, 6) is 0. The zero-order chi connectivity index (χ0) is 11.5. The number of aliphatic hydroxyl groups excluding tert-OH is 1. The number of benzene rings is 1. The Morgan fingerprint density at radius 3 is 2.62 bits per heavy atom. The molecule has 0 radical (unpaired) electrons. The van der Waals surface area contributed by atoms with Crippen molar-refractivity contribution in [3.05, 3.63) is 47.5 Å². The molecule has 1 N–H and O–H groups in total. The average Bonchev–Trinajstić information content (AvgIpc) is 2.26. The fraction of sp³-hybridized carbons (Fsp3) is 0.429. The molecule has 2 atom stereocenters. The quantitative estimate of drug-likeness (QED) is 0.787. The predicted octanol–water partition coefficient (Wildman–Crippen LogP) is 2.11. The van der Waals surface area contributed by atoms with Gasteiger partial charge in [-0.2, -0.15) is 0 Å². The SMILES string of the molecule is C=C(C)CO[C@@H]1Cc2ccccc2C[C@H]1O. The van der Waals surface area contributed by atoms with Crippen LogP contribution in [0.15, 0.2) is 36.4 Å². The zero-order valence-corrected chi connectivity index (χ0v) is 9.65. The summed E-state index contributed by atoms with van der Waals surface area (Å²) in [5, 5.41) is 9.97.